The van der Waals surface area contributed by atoms with E-state index in [9.17, 15) is 4.39 Å². The Morgan fingerprint density at radius 2 is 1.96 bits per heavy atom. The maximum absolute atomic E-state index is 16.9. The van der Waals surface area contributed by atoms with Crippen molar-refractivity contribution in [1.29, 1.82) is 0 Å². The fourth-order valence-electron chi connectivity index (χ4n) is 7.87. The number of fused-ring (bicyclic) bond motifs is 5. The number of piperazine rings is 1. The van der Waals surface area contributed by atoms with E-state index in [0.29, 0.717) is 37.3 Å². The molecule has 0 spiro atoms. The van der Waals surface area contributed by atoms with Gasteiger partial charge in [0.15, 0.2) is 12.0 Å². The third-order valence-corrected chi connectivity index (χ3v) is 9.89. The van der Waals surface area contributed by atoms with E-state index in [2.05, 4.69) is 38.1 Å². The Morgan fingerprint density at radius 1 is 1.15 bits per heavy atom. The third kappa shape index (κ3) is 4.77. The summed E-state index contributed by atoms with van der Waals surface area (Å²) in [7, 11) is 0. The fraction of sp³-hybridized carbons (Fsp3) is 0.306. The molecule has 2 unspecified atom stereocenters. The number of ether oxygens (including phenoxy) is 1. The van der Waals surface area contributed by atoms with Crippen molar-refractivity contribution in [3.05, 3.63) is 88.7 Å². The first kappa shape index (κ1) is 29.3. The van der Waals surface area contributed by atoms with Gasteiger partial charge in [-0.1, -0.05) is 29.7 Å². The summed E-state index contributed by atoms with van der Waals surface area (Å²) in [6.45, 7) is 10.2. The minimum Gasteiger partial charge on any atom is -0.461 e. The minimum atomic E-state index is -0.951. The van der Waals surface area contributed by atoms with Crippen molar-refractivity contribution in [1.82, 2.24) is 20.2 Å². The SMILES string of the molecule is [C-]#[N+]/C=C1/CN2CCC[C@]2(COc2nc(N3CC4C=CC(C3)N4)c3cc(F)c(-c4cc(N)cc5ccc(F)c(C#C)c45)c(F)c3n2)C1. The van der Waals surface area contributed by atoms with Crippen LogP contribution in [0.25, 0.3) is 37.6 Å². The topological polar surface area (TPSA) is 83.9 Å². The molecule has 0 saturated carbocycles. The normalized spacial score (nSPS) is 24.3. The standard InChI is InChI=1S/C36H30F3N7O/c1-3-25-28(37)8-5-21-11-22(40)12-26(30(21)25)31-29(38)13-27-33(32(31)39)43-35(44-34(27)45-17-23-6-7-24(18-45)42-23)47-19-36-9-4-10-46(36)16-20(14-36)15-41-2/h1,5-8,11-13,15,23-24,42H,4,9-10,14,16-19,40H2/b20-15+/t23?,24?,36-/m1/s1. The van der Waals surface area contributed by atoms with Crippen LogP contribution < -0.4 is 20.7 Å². The number of nitrogen functional groups attached to an aromatic ring is 1. The van der Waals surface area contributed by atoms with Crippen LogP contribution in [0.15, 0.2) is 54.3 Å². The van der Waals surface area contributed by atoms with Gasteiger partial charge in [-0.15, -0.1) is 6.42 Å². The number of hydrogen-bond acceptors (Lipinski definition) is 7. The predicted molar refractivity (Wildman–Crippen MR) is 175 cm³/mol. The number of nitrogens with zero attached hydrogens (tertiary/aromatic N) is 5. The first-order valence-electron chi connectivity index (χ1n) is 15.6. The lowest BCUT2D eigenvalue weighted by Crippen LogP contribution is -2.52. The molecule has 4 aliphatic rings. The van der Waals surface area contributed by atoms with Crippen molar-refractivity contribution in [3.63, 3.8) is 0 Å². The number of nitrogens with one attached hydrogen (secondary N) is 1. The van der Waals surface area contributed by atoms with Crippen molar-refractivity contribution < 1.29 is 17.9 Å². The highest BCUT2D eigenvalue weighted by molar-refractivity contribution is 6.05. The average Bonchev–Trinajstić information content (AvgIpc) is 3.71. The van der Waals surface area contributed by atoms with Crippen molar-refractivity contribution >= 4 is 33.2 Å². The van der Waals surface area contributed by atoms with Gasteiger partial charge in [0.1, 0.15) is 29.6 Å². The molecular weight excluding hydrogens is 603 g/mol. The number of benzene rings is 3. The Labute approximate surface area is 269 Å². The molecule has 3 fully saturated rings. The monoisotopic (exact) mass is 633 g/mol. The van der Waals surface area contributed by atoms with Gasteiger partial charge in [0.05, 0.1) is 23.2 Å². The zero-order valence-electron chi connectivity index (χ0n) is 25.4. The summed E-state index contributed by atoms with van der Waals surface area (Å²) < 4.78 is 54.4. The van der Waals surface area contributed by atoms with E-state index in [0.717, 1.165) is 25.0 Å². The van der Waals surface area contributed by atoms with Gasteiger partial charge in [-0.2, -0.15) is 9.97 Å². The summed E-state index contributed by atoms with van der Waals surface area (Å²) in [4.78, 5) is 17.1. The van der Waals surface area contributed by atoms with Gasteiger partial charge in [0.2, 0.25) is 0 Å². The maximum Gasteiger partial charge on any atom is 0.319 e. The molecule has 11 heteroatoms. The number of hydrogen-bond donors (Lipinski definition) is 2. The number of nitrogens with two attached hydrogens (primary N) is 1. The highest BCUT2D eigenvalue weighted by Crippen LogP contribution is 2.43. The van der Waals surface area contributed by atoms with Crippen molar-refractivity contribution in [2.75, 3.05) is 43.4 Å². The molecule has 3 atom stereocenters. The van der Waals surface area contributed by atoms with Gasteiger partial charge >= 0.3 is 6.01 Å². The second-order valence-corrected chi connectivity index (χ2v) is 12.8. The highest BCUT2D eigenvalue weighted by atomic mass is 19.1. The molecule has 3 saturated heterocycles. The molecule has 236 valence electrons. The van der Waals surface area contributed by atoms with E-state index in [4.69, 9.17) is 28.4 Å². The summed E-state index contributed by atoms with van der Waals surface area (Å²) >= 11 is 0. The molecule has 4 aromatic rings. The van der Waals surface area contributed by atoms with Crippen molar-refractivity contribution in [2.24, 2.45) is 0 Å². The first-order valence-corrected chi connectivity index (χ1v) is 15.6. The molecule has 1 aromatic heterocycles. The number of aromatic nitrogens is 2. The summed E-state index contributed by atoms with van der Waals surface area (Å²) in [5.74, 6) is 0.191. The Bertz CT molecular complexity index is 2120. The van der Waals surface area contributed by atoms with Crippen LogP contribution in [0.1, 0.15) is 24.8 Å². The van der Waals surface area contributed by atoms with Crippen molar-refractivity contribution in [3.8, 4) is 29.5 Å². The maximum atomic E-state index is 16.9. The molecule has 47 heavy (non-hydrogen) atoms. The van der Waals surface area contributed by atoms with Crippen LogP contribution in [-0.4, -0.2) is 65.3 Å². The van der Waals surface area contributed by atoms with Gasteiger partial charge in [0.25, 0.3) is 0 Å². The van der Waals surface area contributed by atoms with Crippen LogP contribution in [-0.2, 0) is 0 Å². The average molecular weight is 634 g/mol. The predicted octanol–water partition coefficient (Wildman–Crippen LogP) is 5.57. The Balaban J connectivity index is 1.29. The van der Waals surface area contributed by atoms with E-state index >= 15 is 8.78 Å². The lowest BCUT2D eigenvalue weighted by molar-refractivity contribution is 0.108. The second kappa shape index (κ2) is 11.0. The van der Waals surface area contributed by atoms with Gasteiger partial charge in [-0.3, -0.25) is 4.90 Å². The molecule has 8 rings (SSSR count). The quantitative estimate of drug-likeness (QED) is 0.129. The smallest absolute Gasteiger partial charge is 0.319 e. The lowest BCUT2D eigenvalue weighted by atomic mass is 9.92. The third-order valence-electron chi connectivity index (χ3n) is 9.89. The van der Waals surface area contributed by atoms with Crippen LogP contribution in [0.2, 0.25) is 0 Å². The molecule has 0 radical (unpaired) electrons. The van der Waals surface area contributed by atoms with Gasteiger partial charge < -0.3 is 20.7 Å². The summed E-state index contributed by atoms with van der Waals surface area (Å²) in [6, 6.07) is 7.00. The molecular formula is C36H30F3N7O. The number of rotatable bonds is 5. The molecule has 4 aliphatic heterocycles. The Hall–Kier alpha value is -5.10. The van der Waals surface area contributed by atoms with Crippen LogP contribution in [0, 0.1) is 36.4 Å². The van der Waals surface area contributed by atoms with Crippen LogP contribution >= 0.6 is 0 Å². The lowest BCUT2D eigenvalue weighted by Gasteiger charge is -2.35. The van der Waals surface area contributed by atoms with E-state index in [1.54, 1.807) is 12.3 Å². The number of terminal acetylenes is 1. The summed E-state index contributed by atoms with van der Waals surface area (Å²) in [5, 5.41) is 4.30. The van der Waals surface area contributed by atoms with E-state index in [-0.39, 0.29) is 63.3 Å². The summed E-state index contributed by atoms with van der Waals surface area (Å²) in [5.41, 5.74) is 6.52. The van der Waals surface area contributed by atoms with Gasteiger partial charge in [0, 0.05) is 48.2 Å². The fourth-order valence-corrected chi connectivity index (χ4v) is 7.87. The van der Waals surface area contributed by atoms with Crippen LogP contribution in [0.3, 0.4) is 0 Å². The van der Waals surface area contributed by atoms with E-state index in [1.165, 1.54) is 24.3 Å². The Morgan fingerprint density at radius 3 is 2.72 bits per heavy atom. The summed E-state index contributed by atoms with van der Waals surface area (Å²) in [6.07, 6.45) is 14.0. The zero-order valence-corrected chi connectivity index (χ0v) is 25.4. The Kier molecular flexibility index (Phi) is 6.87. The van der Waals surface area contributed by atoms with Gasteiger partial charge in [-0.05, 0) is 61.0 Å². The number of halogens is 3. The molecule has 3 N–H and O–H groups in total. The molecule has 5 heterocycles. The molecule has 3 aromatic carbocycles. The molecule has 0 aliphatic carbocycles. The highest BCUT2D eigenvalue weighted by Gasteiger charge is 2.47. The van der Waals surface area contributed by atoms with Crippen molar-refractivity contribution in [2.45, 2.75) is 36.9 Å². The number of anilines is 2. The van der Waals surface area contributed by atoms with Crippen LogP contribution in [0.5, 0.6) is 6.01 Å². The second-order valence-electron chi connectivity index (χ2n) is 12.8. The molecule has 2 bridgehead atoms. The zero-order chi connectivity index (χ0) is 32.4. The van der Waals surface area contributed by atoms with Gasteiger partial charge in [-0.25, -0.2) is 18.0 Å². The molecule has 0 amide bonds. The van der Waals surface area contributed by atoms with Crippen LogP contribution in [0.4, 0.5) is 24.7 Å². The minimum absolute atomic E-state index is 0.0283. The van der Waals surface area contributed by atoms with E-state index < -0.39 is 23.0 Å². The first-order chi connectivity index (χ1) is 22.8. The van der Waals surface area contributed by atoms with E-state index in [1.807, 2.05) is 4.90 Å². The largest absolute Gasteiger partial charge is 0.461 e. The molecule has 8 nitrogen and oxygen atoms in total.